The number of likely N-dealkylation sites (tertiary alicyclic amines) is 1. The van der Waals surface area contributed by atoms with Gasteiger partial charge in [-0.25, -0.2) is 9.97 Å². The molecule has 2 fully saturated rings. The molecule has 39 heavy (non-hydrogen) atoms. The average molecular weight is 554 g/mol. The van der Waals surface area contributed by atoms with E-state index >= 15 is 0 Å². The predicted octanol–water partition coefficient (Wildman–Crippen LogP) is 1.21. The zero-order valence-electron chi connectivity index (χ0n) is 23.0. The Hall–Kier alpha value is -2.73. The third-order valence-corrected chi connectivity index (χ3v) is 9.55. The van der Waals surface area contributed by atoms with E-state index in [1.165, 1.54) is 0 Å². The summed E-state index contributed by atoms with van der Waals surface area (Å²) >= 11 is -1.19. The fraction of sp³-hybridized carbons (Fsp3) is 0.571. The lowest BCUT2D eigenvalue weighted by atomic mass is 9.67. The van der Waals surface area contributed by atoms with Crippen molar-refractivity contribution in [2.45, 2.75) is 54.5 Å². The molecule has 4 heterocycles. The molecule has 1 aromatic heterocycles. The maximum Gasteiger partial charge on any atom is 0.234 e. The fourth-order valence-electron chi connectivity index (χ4n) is 6.10. The third kappa shape index (κ3) is 5.91. The number of benzene rings is 1. The van der Waals surface area contributed by atoms with E-state index < -0.39 is 22.6 Å². The lowest BCUT2D eigenvalue weighted by molar-refractivity contribution is -0.132. The molecule has 3 N–H and O–H groups in total. The van der Waals surface area contributed by atoms with Gasteiger partial charge in [0.2, 0.25) is 16.7 Å². The third-order valence-electron chi connectivity index (χ3n) is 8.09. The Bertz CT molecular complexity index is 1190. The molecule has 3 aliphatic heterocycles. The number of nitrogens with one attached hydrogen (secondary N) is 3. The minimum absolute atomic E-state index is 0.000830. The number of hydrogen-bond acceptors (Lipinski definition) is 8. The molecule has 0 spiro atoms. The zero-order chi connectivity index (χ0) is 27.6. The summed E-state index contributed by atoms with van der Waals surface area (Å²) in [6, 6.07) is 9.88. The van der Waals surface area contributed by atoms with Crippen LogP contribution in [0.4, 0.5) is 5.82 Å². The second kappa shape index (κ2) is 11.8. The number of aromatic nitrogens is 2. The largest absolute Gasteiger partial charge is 0.611 e. The summed E-state index contributed by atoms with van der Waals surface area (Å²) in [5, 5.41) is 10.3. The van der Waals surface area contributed by atoms with Crippen LogP contribution in [-0.4, -0.2) is 95.3 Å². The lowest BCUT2D eigenvalue weighted by Gasteiger charge is -2.44. The number of rotatable bonds is 8. The van der Waals surface area contributed by atoms with Gasteiger partial charge in [0.1, 0.15) is 11.4 Å². The van der Waals surface area contributed by atoms with Gasteiger partial charge in [-0.2, -0.15) is 0 Å². The van der Waals surface area contributed by atoms with Crippen molar-refractivity contribution in [3.8, 4) is 0 Å². The molecule has 2 amide bonds. The van der Waals surface area contributed by atoms with Crippen LogP contribution in [0.15, 0.2) is 35.2 Å². The Morgan fingerprint density at radius 3 is 2.67 bits per heavy atom. The monoisotopic (exact) mass is 553 g/mol. The van der Waals surface area contributed by atoms with Gasteiger partial charge in [0.25, 0.3) is 0 Å². The van der Waals surface area contributed by atoms with Gasteiger partial charge in [-0.05, 0) is 63.2 Å². The topological polar surface area (TPSA) is 126 Å². The molecule has 210 valence electrons. The van der Waals surface area contributed by atoms with Crippen LogP contribution in [0.1, 0.15) is 48.8 Å². The lowest BCUT2D eigenvalue weighted by Crippen LogP contribution is -2.51. The standard InChI is InChI=1S/C28H39N7O3S/c1-34(2)18-22(36)32-25(28(12-14-29-15-13-28)19-7-5-4-6-8-19)27-31-21-11-16-39(38)24(21)26(33-27)30-20-9-10-23(37)35(3)17-20/h4-8,20,25,29H,9-18H2,1-3H3,(H,32,36)(H,30,31,33). The number of nitrogens with zero attached hydrogens (tertiary/aromatic N) is 4. The minimum Gasteiger partial charge on any atom is -0.611 e. The molecular weight excluding hydrogens is 514 g/mol. The van der Waals surface area contributed by atoms with Crippen LogP contribution in [0.2, 0.25) is 0 Å². The smallest absolute Gasteiger partial charge is 0.234 e. The van der Waals surface area contributed by atoms with Crippen molar-refractivity contribution in [1.29, 1.82) is 0 Å². The maximum atomic E-state index is 13.3. The van der Waals surface area contributed by atoms with Crippen LogP contribution in [0.25, 0.3) is 0 Å². The van der Waals surface area contributed by atoms with Gasteiger partial charge >= 0.3 is 0 Å². The van der Waals surface area contributed by atoms with Gasteiger partial charge in [-0.3, -0.25) is 9.59 Å². The Balaban J connectivity index is 1.59. The van der Waals surface area contributed by atoms with E-state index in [0.29, 0.717) is 48.1 Å². The number of anilines is 1. The predicted molar refractivity (Wildman–Crippen MR) is 151 cm³/mol. The minimum atomic E-state index is -1.19. The molecule has 1 aromatic carbocycles. The van der Waals surface area contributed by atoms with Gasteiger partial charge in [0.05, 0.1) is 12.6 Å². The van der Waals surface area contributed by atoms with E-state index in [4.69, 9.17) is 9.97 Å². The van der Waals surface area contributed by atoms with Crippen molar-refractivity contribution in [2.75, 3.05) is 58.4 Å². The maximum absolute atomic E-state index is 13.3. The number of piperidine rings is 2. The van der Waals surface area contributed by atoms with Crippen molar-refractivity contribution in [3.05, 3.63) is 47.4 Å². The van der Waals surface area contributed by atoms with E-state index in [1.807, 2.05) is 37.2 Å². The first-order valence-electron chi connectivity index (χ1n) is 13.8. The zero-order valence-corrected chi connectivity index (χ0v) is 23.9. The first-order valence-corrected chi connectivity index (χ1v) is 15.1. The van der Waals surface area contributed by atoms with Crippen molar-refractivity contribution < 1.29 is 14.1 Å². The molecule has 0 radical (unpaired) electrons. The van der Waals surface area contributed by atoms with Gasteiger partial charge in [-0.1, -0.05) is 30.3 Å². The summed E-state index contributed by atoms with van der Waals surface area (Å²) in [5.74, 6) is 1.67. The van der Waals surface area contributed by atoms with Gasteiger partial charge in [-0.15, -0.1) is 0 Å². The molecule has 3 aliphatic rings. The first-order chi connectivity index (χ1) is 18.8. The van der Waals surface area contributed by atoms with E-state index in [0.717, 1.165) is 37.2 Å². The number of aryl methyl sites for hydroxylation is 1. The molecule has 11 heteroatoms. The van der Waals surface area contributed by atoms with Gasteiger partial charge < -0.3 is 30.3 Å². The van der Waals surface area contributed by atoms with Crippen molar-refractivity contribution in [1.82, 2.24) is 30.4 Å². The van der Waals surface area contributed by atoms with Crippen LogP contribution in [-0.2, 0) is 32.6 Å². The van der Waals surface area contributed by atoms with Crippen molar-refractivity contribution in [2.24, 2.45) is 0 Å². The van der Waals surface area contributed by atoms with Crippen molar-refractivity contribution in [3.63, 3.8) is 0 Å². The van der Waals surface area contributed by atoms with Gasteiger partial charge in [0, 0.05) is 37.9 Å². The SMILES string of the molecule is CN(C)CC(=O)NC(c1nc2c(c(NC3CCC(=O)N(C)C3)n1)[S+]([O-])CC2)C1(c2ccccc2)CCNCC1. The second-order valence-electron chi connectivity index (χ2n) is 11.2. The molecule has 0 bridgehead atoms. The molecule has 2 aromatic rings. The van der Waals surface area contributed by atoms with Crippen LogP contribution in [0.5, 0.6) is 0 Å². The highest BCUT2D eigenvalue weighted by Gasteiger charge is 2.46. The highest BCUT2D eigenvalue weighted by Crippen LogP contribution is 2.45. The molecule has 3 atom stereocenters. The van der Waals surface area contributed by atoms with Gasteiger partial charge in [0.15, 0.2) is 11.6 Å². The van der Waals surface area contributed by atoms with Crippen LogP contribution >= 0.6 is 0 Å². The van der Waals surface area contributed by atoms with E-state index in [1.54, 1.807) is 11.9 Å². The molecular formula is C28H39N7O3S. The average Bonchev–Trinajstić information content (AvgIpc) is 3.30. The fourth-order valence-corrected chi connectivity index (χ4v) is 7.41. The Labute approximate surface area is 233 Å². The number of carbonyl (C=O) groups excluding carboxylic acids is 2. The van der Waals surface area contributed by atoms with E-state index in [2.05, 4.69) is 28.1 Å². The first kappa shape index (κ1) is 27.8. The number of amides is 2. The van der Waals surface area contributed by atoms with E-state index in [-0.39, 0.29) is 24.4 Å². The molecule has 0 aliphatic carbocycles. The number of carbonyl (C=O) groups is 2. The molecule has 5 rings (SSSR count). The molecule has 10 nitrogen and oxygen atoms in total. The summed E-state index contributed by atoms with van der Waals surface area (Å²) in [6.45, 7) is 2.44. The summed E-state index contributed by atoms with van der Waals surface area (Å²) in [6.07, 6.45) is 3.38. The second-order valence-corrected chi connectivity index (χ2v) is 12.7. The summed E-state index contributed by atoms with van der Waals surface area (Å²) < 4.78 is 13.1. The molecule has 3 unspecified atom stereocenters. The van der Waals surface area contributed by atoms with Crippen molar-refractivity contribution >= 4 is 28.8 Å². The number of fused-ring (bicyclic) bond motifs is 1. The quantitative estimate of drug-likeness (QED) is 0.417. The highest BCUT2D eigenvalue weighted by molar-refractivity contribution is 7.91. The molecule has 2 saturated heterocycles. The van der Waals surface area contributed by atoms with Crippen LogP contribution in [0.3, 0.4) is 0 Å². The number of hydrogen-bond donors (Lipinski definition) is 3. The summed E-state index contributed by atoms with van der Waals surface area (Å²) in [4.78, 5) is 39.6. The van der Waals surface area contributed by atoms with Crippen LogP contribution in [0, 0.1) is 0 Å². The summed E-state index contributed by atoms with van der Waals surface area (Å²) in [5.41, 5.74) is 1.52. The van der Waals surface area contributed by atoms with E-state index in [9.17, 15) is 14.1 Å². The molecule has 0 saturated carbocycles. The normalized spacial score (nSPS) is 23.4. The Morgan fingerprint density at radius 1 is 1.23 bits per heavy atom. The highest BCUT2D eigenvalue weighted by atomic mass is 32.2. The Kier molecular flexibility index (Phi) is 8.41. The summed E-state index contributed by atoms with van der Waals surface area (Å²) in [7, 11) is 5.56. The van der Waals surface area contributed by atoms with Crippen LogP contribution < -0.4 is 16.0 Å². The number of likely N-dealkylation sites (N-methyl/N-ethyl adjacent to an activating group) is 2. The Morgan fingerprint density at radius 2 is 1.97 bits per heavy atom.